The molecular weight excluding hydrogens is 258 g/mol. The largest absolute Gasteiger partial charge is 0.459 e. The zero-order valence-electron chi connectivity index (χ0n) is 11.4. The van der Waals surface area contributed by atoms with Gasteiger partial charge in [0.1, 0.15) is 11.3 Å². The Kier molecular flexibility index (Phi) is 5.31. The first kappa shape index (κ1) is 14.4. The topological polar surface area (TPSA) is 45.4 Å². The number of aliphatic hydroxyl groups excluding tert-OH is 1. The van der Waals surface area contributed by atoms with Crippen LogP contribution in [0.4, 0.5) is 0 Å². The second-order valence-electron chi connectivity index (χ2n) is 4.62. The first-order valence-electron chi connectivity index (χ1n) is 6.69. The van der Waals surface area contributed by atoms with Gasteiger partial charge in [-0.3, -0.25) is 0 Å². The number of aliphatic hydroxyl groups is 1. The van der Waals surface area contributed by atoms with Crippen molar-refractivity contribution in [2.24, 2.45) is 0 Å². The van der Waals surface area contributed by atoms with Gasteiger partial charge >= 0.3 is 0 Å². The number of benzene rings is 1. The van der Waals surface area contributed by atoms with Gasteiger partial charge in [-0.1, -0.05) is 32.0 Å². The van der Waals surface area contributed by atoms with Crippen molar-refractivity contribution >= 4 is 22.7 Å². The van der Waals surface area contributed by atoms with Crippen molar-refractivity contribution < 1.29 is 9.52 Å². The summed E-state index contributed by atoms with van der Waals surface area (Å²) < 4.78 is 5.91. The third kappa shape index (κ3) is 3.75. The van der Waals surface area contributed by atoms with Crippen molar-refractivity contribution in [1.29, 1.82) is 0 Å². The average molecular weight is 279 g/mol. The number of furan rings is 1. The average Bonchev–Trinajstić information content (AvgIpc) is 2.86. The highest BCUT2D eigenvalue weighted by Gasteiger charge is 2.16. The Hall–Kier alpha value is -0.970. The van der Waals surface area contributed by atoms with Crippen LogP contribution in [0, 0.1) is 0 Å². The van der Waals surface area contributed by atoms with Gasteiger partial charge in [0.15, 0.2) is 0 Å². The van der Waals surface area contributed by atoms with Gasteiger partial charge in [-0.05, 0) is 18.7 Å². The maximum absolute atomic E-state index is 9.10. The molecule has 1 aromatic heterocycles. The van der Waals surface area contributed by atoms with Gasteiger partial charge in [0.2, 0.25) is 0 Å². The van der Waals surface area contributed by atoms with Crippen molar-refractivity contribution in [3.63, 3.8) is 0 Å². The molecule has 4 heteroatoms. The highest BCUT2D eigenvalue weighted by atomic mass is 32.2. The number of rotatable bonds is 7. The maximum atomic E-state index is 9.10. The van der Waals surface area contributed by atoms with E-state index in [4.69, 9.17) is 9.52 Å². The number of fused-ring (bicyclic) bond motifs is 1. The van der Waals surface area contributed by atoms with E-state index in [1.165, 1.54) is 0 Å². The molecule has 1 aromatic carbocycles. The summed E-state index contributed by atoms with van der Waals surface area (Å²) in [5.41, 5.74) is 0.931. The fraction of sp³-hybridized carbons (Fsp3) is 0.467. The Labute approximate surface area is 118 Å². The predicted molar refractivity (Wildman–Crippen MR) is 81.6 cm³/mol. The molecule has 2 atom stereocenters. The summed E-state index contributed by atoms with van der Waals surface area (Å²) in [4.78, 5) is 0. The number of hydrogen-bond donors (Lipinski definition) is 2. The lowest BCUT2D eigenvalue weighted by molar-refractivity contribution is 0.300. The summed E-state index contributed by atoms with van der Waals surface area (Å²) in [5, 5.41) is 13.9. The molecule has 0 saturated carbocycles. The van der Waals surface area contributed by atoms with E-state index in [2.05, 4.69) is 24.4 Å². The highest BCUT2D eigenvalue weighted by Crippen LogP contribution is 2.27. The standard InChI is InChI=1S/C15H21NO2S/c1-3-16-13(10-19-11(2)9-17)15-8-12-6-4-5-7-14(12)18-15/h4-8,11,13,16-17H,3,9-10H2,1-2H3. The molecule has 1 heterocycles. The monoisotopic (exact) mass is 279 g/mol. The molecule has 2 aromatic rings. The van der Waals surface area contributed by atoms with Crippen molar-refractivity contribution in [3.8, 4) is 0 Å². The van der Waals surface area contributed by atoms with E-state index in [0.29, 0.717) is 0 Å². The third-order valence-corrected chi connectivity index (χ3v) is 4.29. The summed E-state index contributed by atoms with van der Waals surface area (Å²) in [6.45, 7) is 5.24. The smallest absolute Gasteiger partial charge is 0.134 e. The fourth-order valence-electron chi connectivity index (χ4n) is 1.98. The summed E-state index contributed by atoms with van der Waals surface area (Å²) in [5.74, 6) is 1.87. The van der Waals surface area contributed by atoms with Gasteiger partial charge < -0.3 is 14.8 Å². The zero-order valence-corrected chi connectivity index (χ0v) is 12.2. The van der Waals surface area contributed by atoms with Crippen LogP contribution >= 0.6 is 11.8 Å². The predicted octanol–water partition coefficient (Wildman–Crippen LogP) is 3.20. The summed E-state index contributed by atoms with van der Waals surface area (Å²) >= 11 is 1.76. The van der Waals surface area contributed by atoms with E-state index in [9.17, 15) is 0 Å². The quantitative estimate of drug-likeness (QED) is 0.817. The van der Waals surface area contributed by atoms with Gasteiger partial charge in [0.25, 0.3) is 0 Å². The van der Waals surface area contributed by atoms with Crippen LogP contribution in [0.3, 0.4) is 0 Å². The molecule has 2 N–H and O–H groups in total. The van der Waals surface area contributed by atoms with Crippen LogP contribution in [0.15, 0.2) is 34.7 Å². The lowest BCUT2D eigenvalue weighted by Crippen LogP contribution is -2.23. The number of nitrogens with one attached hydrogen (secondary N) is 1. The Bertz CT molecular complexity index is 479. The second kappa shape index (κ2) is 6.98. The maximum Gasteiger partial charge on any atom is 0.134 e. The minimum atomic E-state index is 0.191. The number of hydrogen-bond acceptors (Lipinski definition) is 4. The van der Waals surface area contributed by atoms with Crippen molar-refractivity contribution in [1.82, 2.24) is 5.32 Å². The third-order valence-electron chi connectivity index (χ3n) is 3.04. The molecular formula is C15H21NO2S. The molecule has 3 nitrogen and oxygen atoms in total. The Morgan fingerprint density at radius 3 is 2.84 bits per heavy atom. The molecule has 19 heavy (non-hydrogen) atoms. The molecule has 0 spiro atoms. The second-order valence-corrected chi connectivity index (χ2v) is 6.09. The van der Waals surface area contributed by atoms with Gasteiger partial charge in [0.05, 0.1) is 12.6 Å². The van der Waals surface area contributed by atoms with Crippen molar-refractivity contribution in [3.05, 3.63) is 36.1 Å². The van der Waals surface area contributed by atoms with E-state index in [1.807, 2.05) is 25.1 Å². The van der Waals surface area contributed by atoms with Gasteiger partial charge in [-0.25, -0.2) is 0 Å². The van der Waals surface area contributed by atoms with Crippen LogP contribution in [0.25, 0.3) is 11.0 Å². The minimum Gasteiger partial charge on any atom is -0.459 e. The van der Waals surface area contributed by atoms with E-state index >= 15 is 0 Å². The van der Waals surface area contributed by atoms with Crippen molar-refractivity contribution in [2.75, 3.05) is 18.9 Å². The lowest BCUT2D eigenvalue weighted by atomic mass is 10.2. The molecule has 0 aliphatic carbocycles. The van der Waals surface area contributed by atoms with Crippen LogP contribution < -0.4 is 5.32 Å². The van der Waals surface area contributed by atoms with Crippen LogP contribution in [0.5, 0.6) is 0 Å². The molecule has 0 radical (unpaired) electrons. The summed E-state index contributed by atoms with van der Waals surface area (Å²) in [6, 6.07) is 10.4. The van der Waals surface area contributed by atoms with E-state index in [1.54, 1.807) is 11.8 Å². The van der Waals surface area contributed by atoms with Crippen molar-refractivity contribution in [2.45, 2.75) is 25.1 Å². The molecule has 0 amide bonds. The van der Waals surface area contributed by atoms with Gasteiger partial charge in [-0.2, -0.15) is 11.8 Å². The number of para-hydroxylation sites is 1. The summed E-state index contributed by atoms with van der Waals surface area (Å²) in [6.07, 6.45) is 0. The highest BCUT2D eigenvalue weighted by molar-refractivity contribution is 7.99. The molecule has 2 unspecified atom stereocenters. The van der Waals surface area contributed by atoms with Crippen LogP contribution in [0.1, 0.15) is 25.6 Å². The van der Waals surface area contributed by atoms with Crippen LogP contribution in [0.2, 0.25) is 0 Å². The van der Waals surface area contributed by atoms with E-state index in [-0.39, 0.29) is 17.9 Å². The Morgan fingerprint density at radius 1 is 1.37 bits per heavy atom. The van der Waals surface area contributed by atoms with Gasteiger partial charge in [0, 0.05) is 16.4 Å². The van der Waals surface area contributed by atoms with E-state index < -0.39 is 0 Å². The normalized spacial score (nSPS) is 14.7. The van der Waals surface area contributed by atoms with E-state index in [0.717, 1.165) is 29.0 Å². The molecule has 2 rings (SSSR count). The first-order valence-corrected chi connectivity index (χ1v) is 7.73. The molecule has 0 bridgehead atoms. The minimum absolute atomic E-state index is 0.191. The molecule has 0 fully saturated rings. The molecule has 104 valence electrons. The number of thioether (sulfide) groups is 1. The molecule has 0 aliphatic heterocycles. The zero-order chi connectivity index (χ0) is 13.7. The van der Waals surface area contributed by atoms with Crippen LogP contribution in [-0.2, 0) is 0 Å². The SMILES string of the molecule is CCNC(CSC(C)CO)c1cc2ccccc2o1. The van der Waals surface area contributed by atoms with Crippen LogP contribution in [-0.4, -0.2) is 29.3 Å². The molecule has 0 aliphatic rings. The Morgan fingerprint density at radius 2 is 2.16 bits per heavy atom. The molecule has 0 saturated heterocycles. The summed E-state index contributed by atoms with van der Waals surface area (Å²) in [7, 11) is 0. The lowest BCUT2D eigenvalue weighted by Gasteiger charge is -2.17. The Balaban J connectivity index is 2.13. The van der Waals surface area contributed by atoms with Gasteiger partial charge in [-0.15, -0.1) is 0 Å². The fourth-order valence-corrected chi connectivity index (χ4v) is 2.88. The first-order chi connectivity index (χ1) is 9.24.